The summed E-state index contributed by atoms with van der Waals surface area (Å²) in [4.78, 5) is 4.30. The van der Waals surface area contributed by atoms with Crippen molar-refractivity contribution in [3.05, 3.63) is 71.9 Å². The molecule has 0 unspecified atom stereocenters. The molecule has 1 aromatic heterocycles. The summed E-state index contributed by atoms with van der Waals surface area (Å²) in [6.45, 7) is 4.51. The first kappa shape index (κ1) is 18.6. The molecule has 0 spiro atoms. The molecule has 0 saturated heterocycles. The summed E-state index contributed by atoms with van der Waals surface area (Å²) >= 11 is 0. The van der Waals surface area contributed by atoms with E-state index in [1.807, 2.05) is 18.2 Å². The Morgan fingerprint density at radius 2 is 1.77 bits per heavy atom. The van der Waals surface area contributed by atoms with Crippen molar-refractivity contribution in [1.29, 1.82) is 0 Å². The van der Waals surface area contributed by atoms with Crippen LogP contribution in [0.15, 0.2) is 60.8 Å². The second-order valence-corrected chi connectivity index (χ2v) is 6.99. The second kappa shape index (κ2) is 6.83. The minimum absolute atomic E-state index is 0. The fourth-order valence-electron chi connectivity index (χ4n) is 3.80. The van der Waals surface area contributed by atoms with Gasteiger partial charge >= 0.3 is 0 Å². The van der Waals surface area contributed by atoms with E-state index in [2.05, 4.69) is 66.9 Å². The predicted octanol–water partition coefficient (Wildman–Crippen LogP) is 1.66. The molecule has 1 aliphatic heterocycles. The summed E-state index contributed by atoms with van der Waals surface area (Å²) < 4.78 is 2.26. The van der Waals surface area contributed by atoms with Gasteiger partial charge in [0.05, 0.1) is 5.41 Å². The lowest BCUT2D eigenvalue weighted by atomic mass is 9.81. The molecule has 3 nitrogen and oxygen atoms in total. The lowest BCUT2D eigenvalue weighted by Crippen LogP contribution is -3.00. The molecule has 3 aromatic rings. The highest BCUT2D eigenvalue weighted by Gasteiger charge is 2.42. The maximum atomic E-state index is 10.0. The zero-order valence-corrected chi connectivity index (χ0v) is 17.2. The molecule has 1 aliphatic rings. The summed E-state index contributed by atoms with van der Waals surface area (Å²) in [6.07, 6.45) is 6.03. The Kier molecular flexibility index (Phi) is 4.88. The van der Waals surface area contributed by atoms with Crippen LogP contribution in [0.25, 0.3) is 17.0 Å². The molecular weight excluding hydrogens is 435 g/mol. The summed E-state index contributed by atoms with van der Waals surface area (Å²) in [5, 5.41) is 11.0. The summed E-state index contributed by atoms with van der Waals surface area (Å²) in [5.74, 6) is 0.214. The van der Waals surface area contributed by atoms with Crippen LogP contribution in [0, 0.1) is 0 Å². The van der Waals surface area contributed by atoms with Crippen molar-refractivity contribution in [2.45, 2.75) is 19.3 Å². The summed E-state index contributed by atoms with van der Waals surface area (Å²) in [6, 6.07) is 16.0. The van der Waals surface area contributed by atoms with Gasteiger partial charge in [-0.25, -0.2) is 0 Å². The van der Waals surface area contributed by atoms with Crippen LogP contribution in [0.2, 0.25) is 0 Å². The van der Waals surface area contributed by atoms with Crippen LogP contribution in [0.4, 0.5) is 5.69 Å². The van der Waals surface area contributed by atoms with E-state index >= 15 is 0 Å². The van der Waals surface area contributed by atoms with E-state index < -0.39 is 0 Å². The van der Waals surface area contributed by atoms with Gasteiger partial charge in [0.15, 0.2) is 5.71 Å². The number of benzene rings is 2. The lowest BCUT2D eigenvalue weighted by Gasteiger charge is -2.15. The molecule has 2 aromatic carbocycles. The topological polar surface area (TPSA) is 36.1 Å². The van der Waals surface area contributed by atoms with Crippen LogP contribution in [0.3, 0.4) is 0 Å². The van der Waals surface area contributed by atoms with Gasteiger partial charge in [-0.1, -0.05) is 30.3 Å². The number of aromatic hydroxyl groups is 1. The molecule has 1 N–H and O–H groups in total. The molecule has 0 amide bonds. The van der Waals surface area contributed by atoms with E-state index in [9.17, 15) is 5.11 Å². The van der Waals surface area contributed by atoms with Crippen molar-refractivity contribution < 1.29 is 33.7 Å². The number of nitrogens with zero attached hydrogens (tertiary/aromatic N) is 2. The normalized spacial score (nSPS) is 15.3. The van der Waals surface area contributed by atoms with E-state index in [0.717, 1.165) is 10.9 Å². The van der Waals surface area contributed by atoms with Crippen molar-refractivity contribution in [2.75, 3.05) is 7.05 Å². The largest absolute Gasteiger partial charge is 1.00 e. The summed E-state index contributed by atoms with van der Waals surface area (Å²) in [7, 11) is 2.11. The third-order valence-corrected chi connectivity index (χ3v) is 5.14. The van der Waals surface area contributed by atoms with E-state index in [-0.39, 0.29) is 35.1 Å². The van der Waals surface area contributed by atoms with Crippen LogP contribution >= 0.6 is 0 Å². The van der Waals surface area contributed by atoms with Crippen molar-refractivity contribution in [1.82, 2.24) is 4.98 Å². The van der Waals surface area contributed by atoms with E-state index in [0.29, 0.717) is 5.52 Å². The number of rotatable bonds is 2. The maximum Gasteiger partial charge on any atom is 0.209 e. The Hall–Kier alpha value is -2.21. The number of hydrogen-bond acceptors (Lipinski definition) is 2. The third kappa shape index (κ3) is 2.82. The fraction of sp³-hybridized carbons (Fsp3) is 0.182. The highest BCUT2D eigenvalue weighted by molar-refractivity contribution is 6.06. The van der Waals surface area contributed by atoms with Crippen LogP contribution < -0.4 is 24.0 Å². The van der Waals surface area contributed by atoms with E-state index in [1.54, 1.807) is 12.3 Å². The smallest absolute Gasteiger partial charge is 0.209 e. The number of aromatic nitrogens is 1. The highest BCUT2D eigenvalue weighted by atomic mass is 127. The number of allylic oxidation sites excluding steroid dienone is 1. The Bertz CT molecular complexity index is 1050. The molecule has 0 radical (unpaired) electrons. The molecule has 2 heterocycles. The quantitative estimate of drug-likeness (QED) is 0.471. The zero-order chi connectivity index (χ0) is 17.6. The molecule has 4 rings (SSSR count). The van der Waals surface area contributed by atoms with Crippen molar-refractivity contribution >= 4 is 28.4 Å². The summed E-state index contributed by atoms with van der Waals surface area (Å²) in [5.41, 5.74) is 5.48. The van der Waals surface area contributed by atoms with Crippen molar-refractivity contribution in [3.8, 4) is 5.75 Å². The van der Waals surface area contributed by atoms with Gasteiger partial charge < -0.3 is 29.1 Å². The zero-order valence-electron chi connectivity index (χ0n) is 15.1. The number of hydrogen-bond donors (Lipinski definition) is 1. The predicted molar refractivity (Wildman–Crippen MR) is 103 cm³/mol. The molecule has 0 fully saturated rings. The number of para-hydroxylation sites is 2. The lowest BCUT2D eigenvalue weighted by molar-refractivity contribution is -0.401. The van der Waals surface area contributed by atoms with Gasteiger partial charge in [0, 0.05) is 29.3 Å². The minimum Gasteiger partial charge on any atom is -1.00 e. The minimum atomic E-state index is -0.0488. The number of pyridine rings is 1. The maximum absolute atomic E-state index is 10.0. The molecule has 132 valence electrons. The van der Waals surface area contributed by atoms with Gasteiger partial charge in [-0.15, -0.1) is 0 Å². The number of phenols is 1. The van der Waals surface area contributed by atoms with Crippen molar-refractivity contribution in [3.63, 3.8) is 0 Å². The number of phenolic OH excluding ortho intramolecular Hbond substituents is 1. The number of halogens is 1. The second-order valence-electron chi connectivity index (χ2n) is 6.99. The highest BCUT2D eigenvalue weighted by Crippen LogP contribution is 2.39. The third-order valence-electron chi connectivity index (χ3n) is 5.14. The van der Waals surface area contributed by atoms with E-state index in [4.69, 9.17) is 0 Å². The molecule has 0 aliphatic carbocycles. The molecular formula is C22H21IN2O. The molecule has 0 atom stereocenters. The van der Waals surface area contributed by atoms with Gasteiger partial charge in [0.25, 0.3) is 0 Å². The van der Waals surface area contributed by atoms with Gasteiger partial charge in [-0.2, -0.15) is 4.58 Å². The Labute approximate surface area is 170 Å². The Morgan fingerprint density at radius 1 is 1.00 bits per heavy atom. The van der Waals surface area contributed by atoms with Crippen LogP contribution in [0.1, 0.15) is 25.0 Å². The molecule has 26 heavy (non-hydrogen) atoms. The van der Waals surface area contributed by atoms with Crippen molar-refractivity contribution in [2.24, 2.45) is 0 Å². The average molecular weight is 456 g/mol. The van der Waals surface area contributed by atoms with Crippen LogP contribution in [0.5, 0.6) is 5.75 Å². The first-order chi connectivity index (χ1) is 12.0. The average Bonchev–Trinajstić information content (AvgIpc) is 2.81. The molecule has 0 bridgehead atoms. The van der Waals surface area contributed by atoms with Gasteiger partial charge in [-0.3, -0.25) is 4.98 Å². The Morgan fingerprint density at radius 3 is 2.54 bits per heavy atom. The van der Waals surface area contributed by atoms with E-state index in [1.165, 1.54) is 17.0 Å². The standard InChI is InChI=1S/C22H20N2O.HI/c1-22(2)17-8-4-5-9-18(17)24(3)20(22)12-11-15-13-14-23-21-16(15)7-6-10-19(21)25;/h4-14H,1-3H3;1H. The first-order valence-corrected chi connectivity index (χ1v) is 8.45. The fourth-order valence-corrected chi connectivity index (χ4v) is 3.80. The van der Waals surface area contributed by atoms with Crippen LogP contribution in [-0.4, -0.2) is 27.4 Å². The Balaban J connectivity index is 0.00000196. The van der Waals surface area contributed by atoms with Gasteiger partial charge in [0.2, 0.25) is 5.69 Å². The van der Waals surface area contributed by atoms with Gasteiger partial charge in [-0.05, 0) is 37.6 Å². The van der Waals surface area contributed by atoms with Gasteiger partial charge in [0.1, 0.15) is 18.3 Å². The molecule has 0 saturated carbocycles. The SMILES string of the molecule is C[N+]1=C(/C=C/c2ccnc3c(O)cccc23)C(C)(C)c2ccccc21.[I-]. The van der Waals surface area contributed by atoms with Crippen LogP contribution in [-0.2, 0) is 5.41 Å². The number of fused-ring (bicyclic) bond motifs is 2. The monoisotopic (exact) mass is 456 g/mol. The first-order valence-electron chi connectivity index (χ1n) is 8.45. The molecule has 4 heteroatoms.